The number of carbonyl (C=O) groups excluding carboxylic acids is 5. The van der Waals surface area contributed by atoms with Crippen LogP contribution in [0.2, 0.25) is 0 Å². The van der Waals surface area contributed by atoms with E-state index in [0.29, 0.717) is 87.2 Å². The van der Waals surface area contributed by atoms with Crippen molar-refractivity contribution in [2.45, 2.75) is 173 Å². The minimum atomic E-state index is -0.297. The first-order chi connectivity index (χ1) is 69.1. The molecule has 722 valence electrons. The van der Waals surface area contributed by atoms with Crippen LogP contribution >= 0.6 is 22.7 Å². The Hall–Kier alpha value is -15.0. The van der Waals surface area contributed by atoms with E-state index < -0.39 is 0 Å². The van der Waals surface area contributed by atoms with Crippen molar-refractivity contribution < 1.29 is 47.0 Å². The number of hydrogen-bond acceptors (Lipinski definition) is 26. The van der Waals surface area contributed by atoms with Crippen molar-refractivity contribution in [3.05, 3.63) is 317 Å². The molecule has 25 rings (SSSR count). The number of pyridine rings is 3. The summed E-state index contributed by atoms with van der Waals surface area (Å²) in [6, 6.07) is 49.9. The highest BCUT2D eigenvalue weighted by atomic mass is 32.1. The summed E-state index contributed by atoms with van der Waals surface area (Å²) >= 11 is 3.01. The Bertz CT molecular complexity index is 6860. The Labute approximate surface area is 829 Å². The molecule has 142 heavy (non-hydrogen) atoms. The third kappa shape index (κ3) is 19.9. The standard InChI is InChI=1S/C23H22FN3O2S.C23H22N4O2.C22H22N6O.C22H22N4O2.C19H20N4O2S/c1-13-3-8-20(25-11-13)29-19-10-15-9-18(19)27(12-15)23(28)21-22(30-14(2)26-21)16-4-6-17(24)7-5-16;1-15-7-8-20(26-13-15)29-19-12-16-11-18(19)27(14-16)23(28)22-21(24-9-10-25-22)17-5-3-2-4-6-17;1-14-11-26-19(12-25-14)27-17-9-15-10-18(17)28(13-15)22(29)21-20(23-7-8-24-21)16-5-3-2-4-6-16;1-14-11-24-20(12-23-14)25-18-9-15-10-19(18)26(13-15)22(27)21-17(7-8-28-21)16-5-3-2-4-6-16;1-11-3-4-16(20-9-11)25-15-8-13-7-14(15)23(10-13)18(24)17-12(2)21-19-22(17)5-6-26-19/h3-8,11,15,18-19H,9-10,12H2,1-2H3;2-10,13,16,18-19H,11-12,14H2,1H3;2-8,11-12,15,17-18H,9-10,13H2,1H3,(H,26,27);2-8,11-12,15,18-19H,9-10,13H2,1H3,(H,24,25);3-6,9,13-15H,7-8,10H2,1-2H3. The van der Waals surface area contributed by atoms with Crippen LogP contribution in [0.3, 0.4) is 0 Å². The first-order valence-electron chi connectivity index (χ1n) is 48.6. The second-order valence-electron chi connectivity index (χ2n) is 38.7. The van der Waals surface area contributed by atoms with Gasteiger partial charge in [0.05, 0.1) is 88.2 Å². The number of aromatic nitrogens is 14. The van der Waals surface area contributed by atoms with E-state index in [4.69, 9.17) is 18.6 Å². The first-order valence-corrected chi connectivity index (χ1v) is 50.3. The number of thiazole rings is 2. The average molecular weight is 1940 g/mol. The van der Waals surface area contributed by atoms with E-state index in [9.17, 15) is 28.4 Å². The van der Waals surface area contributed by atoms with E-state index >= 15 is 0 Å². The summed E-state index contributed by atoms with van der Waals surface area (Å²) in [6.07, 6.45) is 32.2. The van der Waals surface area contributed by atoms with E-state index in [2.05, 4.69) is 75.4 Å². The molecule has 5 aliphatic heterocycles. The number of ether oxygens (including phenoxy) is 3. The topological polar surface area (TPSA) is 338 Å². The number of benzene rings is 4. The summed E-state index contributed by atoms with van der Waals surface area (Å²) in [5.41, 5.74) is 13.5. The van der Waals surface area contributed by atoms with Crippen molar-refractivity contribution in [2.75, 3.05) is 43.4 Å². The lowest BCUT2D eigenvalue weighted by Gasteiger charge is -2.34. The van der Waals surface area contributed by atoms with Crippen LogP contribution in [0.4, 0.5) is 16.0 Å². The third-order valence-corrected chi connectivity index (χ3v) is 30.5. The van der Waals surface area contributed by atoms with Crippen LogP contribution in [0.5, 0.6) is 17.6 Å². The van der Waals surface area contributed by atoms with Gasteiger partial charge in [0.2, 0.25) is 17.6 Å². The molecule has 5 saturated carbocycles. The highest BCUT2D eigenvalue weighted by Crippen LogP contribution is 2.48. The maximum absolute atomic E-state index is 13.5. The molecular weight excluding hydrogens is 1830 g/mol. The fourth-order valence-corrected chi connectivity index (χ4v) is 24.0. The van der Waals surface area contributed by atoms with Gasteiger partial charge in [0, 0.05) is 135 Å². The number of aryl methyl sites for hydroxylation is 7. The van der Waals surface area contributed by atoms with Crippen LogP contribution < -0.4 is 24.8 Å². The molecule has 10 aliphatic rings. The summed E-state index contributed by atoms with van der Waals surface area (Å²) in [6.45, 7) is 17.5. The average Bonchev–Trinajstić information content (AvgIpc) is 1.58. The molecule has 5 aliphatic carbocycles. The van der Waals surface area contributed by atoms with E-state index in [1.165, 1.54) is 23.5 Å². The van der Waals surface area contributed by atoms with E-state index in [-0.39, 0.29) is 96.0 Å². The van der Waals surface area contributed by atoms with Gasteiger partial charge < -0.3 is 53.8 Å². The van der Waals surface area contributed by atoms with Crippen molar-refractivity contribution in [2.24, 2.45) is 29.6 Å². The quantitative estimate of drug-likeness (QED) is 0.0759. The molecule has 10 bridgehead atoms. The van der Waals surface area contributed by atoms with Crippen LogP contribution in [-0.2, 0) is 0 Å². The fourth-order valence-electron chi connectivity index (χ4n) is 22.3. The maximum Gasteiger partial charge on any atom is 0.290 e. The number of likely N-dealkylation sites (tertiary alicyclic amines) is 5. The van der Waals surface area contributed by atoms with Crippen LogP contribution in [0.15, 0.2) is 248 Å². The number of fused-ring (bicyclic) bond motifs is 11. The molecule has 30 nitrogen and oxygen atoms in total. The van der Waals surface area contributed by atoms with Crippen molar-refractivity contribution >= 4 is 68.8 Å². The largest absolute Gasteiger partial charge is 0.472 e. The minimum Gasteiger partial charge on any atom is -0.472 e. The van der Waals surface area contributed by atoms with Crippen molar-refractivity contribution in [3.63, 3.8) is 0 Å². The molecule has 33 heteroatoms. The molecule has 2 N–H and O–H groups in total. The molecule has 4 aromatic carbocycles. The molecule has 15 aromatic rings. The number of amides is 5. The minimum absolute atomic E-state index is 0.0131. The Morgan fingerprint density at radius 2 is 0.803 bits per heavy atom. The first kappa shape index (κ1) is 93.3. The number of halogens is 1. The van der Waals surface area contributed by atoms with Crippen LogP contribution in [0.25, 0.3) is 49.0 Å². The number of carbonyl (C=O) groups is 5. The monoisotopic (exact) mass is 1940 g/mol. The highest BCUT2D eigenvalue weighted by Gasteiger charge is 2.54. The predicted molar refractivity (Wildman–Crippen MR) is 535 cm³/mol. The second-order valence-corrected chi connectivity index (χ2v) is 40.8. The molecule has 0 spiro atoms. The number of nitrogens with one attached hydrogen (secondary N) is 2. The van der Waals surface area contributed by atoms with Gasteiger partial charge in [0.25, 0.3) is 29.5 Å². The zero-order valence-electron chi connectivity index (χ0n) is 79.7. The maximum atomic E-state index is 13.5. The van der Waals surface area contributed by atoms with E-state index in [0.717, 1.165) is 185 Å². The highest BCUT2D eigenvalue weighted by molar-refractivity contribution is 7.15. The van der Waals surface area contributed by atoms with Crippen molar-refractivity contribution in [1.82, 2.24) is 93.7 Å². The van der Waals surface area contributed by atoms with Gasteiger partial charge in [-0.05, 0) is 188 Å². The number of rotatable bonds is 19. The number of nitrogens with zero attached hydrogens (tertiary/aromatic N) is 19. The Balaban J connectivity index is 0.000000105. The zero-order valence-corrected chi connectivity index (χ0v) is 81.4. The number of piperidine rings is 5. The summed E-state index contributed by atoms with van der Waals surface area (Å²) in [5, 5.41) is 9.74. The van der Waals surface area contributed by atoms with Gasteiger partial charge in [-0.15, -0.1) is 22.7 Å². The normalized spacial score (nSPS) is 23.1. The van der Waals surface area contributed by atoms with Crippen molar-refractivity contribution in [1.29, 1.82) is 0 Å². The van der Waals surface area contributed by atoms with Crippen LogP contribution in [-0.4, -0.2) is 217 Å². The Morgan fingerprint density at radius 1 is 0.387 bits per heavy atom. The summed E-state index contributed by atoms with van der Waals surface area (Å²) in [4.78, 5) is 136. The molecule has 5 saturated heterocycles. The molecule has 15 unspecified atom stereocenters. The number of imidazole rings is 1. The lowest BCUT2D eigenvalue weighted by molar-refractivity contribution is 0.0458. The summed E-state index contributed by atoms with van der Waals surface area (Å²) in [7, 11) is 0. The predicted octanol–water partition coefficient (Wildman–Crippen LogP) is 18.0. The smallest absolute Gasteiger partial charge is 0.290 e. The molecular formula is C109H108FN21O9S2. The van der Waals surface area contributed by atoms with Gasteiger partial charge in [-0.25, -0.2) is 49.2 Å². The van der Waals surface area contributed by atoms with Crippen LogP contribution in [0.1, 0.15) is 155 Å². The molecule has 15 atom stereocenters. The number of anilines is 2. The lowest BCUT2D eigenvalue weighted by Crippen LogP contribution is -2.48. The van der Waals surface area contributed by atoms with Gasteiger partial charge in [-0.3, -0.25) is 48.3 Å². The Kier molecular flexibility index (Phi) is 26.7. The SMILES string of the molecule is Cc1ccc(OC2CC3CC2N(C(=O)c2c(C)nc4sccn24)C3)nc1.Cc1ccc(OC2CC3CC2N(C(=O)c2nc(C)sc2-c2ccc(F)cc2)C3)nc1.Cc1ccc(OC2CC3CC2N(C(=O)c2nccnc2-c2ccccc2)C3)nc1.Cc1cnc(NC2CC3CC2N(C(=O)c2nccnc2-c2ccccc2)C3)cn1.Cc1cnc(NC2CC3CC2N(C(=O)c2occc2-c2ccccc2)C3)cn1. The Morgan fingerprint density at radius 3 is 1.23 bits per heavy atom. The second kappa shape index (κ2) is 40.7. The van der Waals surface area contributed by atoms with Crippen molar-refractivity contribution in [3.8, 4) is 61.7 Å². The zero-order chi connectivity index (χ0) is 97.3. The molecule has 10 fully saturated rings. The molecule has 16 heterocycles. The van der Waals surface area contributed by atoms with Gasteiger partial charge >= 0.3 is 0 Å². The number of hydrogen-bond donors (Lipinski definition) is 2. The van der Waals surface area contributed by atoms with Gasteiger partial charge in [0.1, 0.15) is 58.5 Å². The third-order valence-electron chi connectivity index (χ3n) is 28.8. The fraction of sp³-hybridized carbons (Fsp3) is 0.339. The summed E-state index contributed by atoms with van der Waals surface area (Å²) in [5.74, 6) is 5.74. The van der Waals surface area contributed by atoms with Gasteiger partial charge in [-0.1, -0.05) is 121 Å². The molecule has 0 radical (unpaired) electrons. The molecule has 5 amide bonds. The molecule has 11 aromatic heterocycles. The lowest BCUT2D eigenvalue weighted by atomic mass is 10.0. The van der Waals surface area contributed by atoms with Gasteiger partial charge in [0.15, 0.2) is 22.1 Å². The summed E-state index contributed by atoms with van der Waals surface area (Å²) < 4.78 is 39.3. The number of furan rings is 1. The van der Waals surface area contributed by atoms with Gasteiger partial charge in [-0.2, -0.15) is 0 Å². The van der Waals surface area contributed by atoms with E-state index in [1.807, 2.05) is 229 Å². The van der Waals surface area contributed by atoms with Crippen LogP contribution in [0, 0.1) is 83.9 Å². The van der Waals surface area contributed by atoms with E-state index in [1.54, 1.807) is 91.7 Å².